The van der Waals surface area contributed by atoms with E-state index in [-0.39, 0.29) is 37.1 Å². The topological polar surface area (TPSA) is 71.5 Å². The number of aromatic nitrogens is 1. The van der Waals surface area contributed by atoms with Crippen molar-refractivity contribution in [3.8, 4) is 0 Å². The summed E-state index contributed by atoms with van der Waals surface area (Å²) in [6, 6.07) is 7.85. The first-order valence-electron chi connectivity index (χ1n) is 7.72. The van der Waals surface area contributed by atoms with E-state index in [0.29, 0.717) is 0 Å². The summed E-state index contributed by atoms with van der Waals surface area (Å²) in [5, 5.41) is 3.65. The Balaban J connectivity index is 1.77. The van der Waals surface area contributed by atoms with Gasteiger partial charge in [-0.25, -0.2) is 4.98 Å². The zero-order valence-corrected chi connectivity index (χ0v) is 15.3. The number of thiazole rings is 1. The fourth-order valence-electron chi connectivity index (χ4n) is 2.08. The molecule has 0 atom stereocenters. The van der Waals surface area contributed by atoms with Gasteiger partial charge < -0.3 is 15.0 Å². The second-order valence-electron chi connectivity index (χ2n) is 6.62. The summed E-state index contributed by atoms with van der Waals surface area (Å²) < 4.78 is 6.54. The van der Waals surface area contributed by atoms with Gasteiger partial charge in [0.25, 0.3) is 0 Å². The number of carbonyl (C=O) groups excluding carboxylic acids is 2. The largest absolute Gasteiger partial charge is 0.364 e. The number of para-hydroxylation sites is 1. The number of nitrogens with zero attached hydrogens (tertiary/aromatic N) is 2. The predicted octanol–water partition coefficient (Wildman–Crippen LogP) is 2.19. The Morgan fingerprint density at radius 1 is 1.29 bits per heavy atom. The molecule has 0 saturated heterocycles. The van der Waals surface area contributed by atoms with E-state index in [4.69, 9.17) is 4.74 Å². The molecule has 1 aromatic heterocycles. The van der Waals surface area contributed by atoms with Gasteiger partial charge in [0.1, 0.15) is 11.6 Å². The Hall–Kier alpha value is -1.99. The van der Waals surface area contributed by atoms with Crippen molar-refractivity contribution in [2.24, 2.45) is 0 Å². The molecule has 7 heteroatoms. The molecule has 0 saturated carbocycles. The van der Waals surface area contributed by atoms with Crippen molar-refractivity contribution in [1.82, 2.24) is 15.2 Å². The zero-order chi connectivity index (χ0) is 17.7. The van der Waals surface area contributed by atoms with Gasteiger partial charge in [-0.2, -0.15) is 0 Å². The second kappa shape index (κ2) is 7.72. The van der Waals surface area contributed by atoms with E-state index in [9.17, 15) is 9.59 Å². The maximum absolute atomic E-state index is 12.0. The lowest BCUT2D eigenvalue weighted by atomic mass is 10.1. The first kappa shape index (κ1) is 18.4. The summed E-state index contributed by atoms with van der Waals surface area (Å²) in [5.74, 6) is -0.426. The highest BCUT2D eigenvalue weighted by Crippen LogP contribution is 2.21. The van der Waals surface area contributed by atoms with Crippen LogP contribution in [0.4, 0.5) is 0 Å². The minimum absolute atomic E-state index is 0.0145. The fraction of sp³-hybridized carbons (Fsp3) is 0.471. The molecule has 0 fully saturated rings. The van der Waals surface area contributed by atoms with E-state index < -0.39 is 0 Å². The number of carbonyl (C=O) groups is 2. The van der Waals surface area contributed by atoms with Crippen LogP contribution in [0.1, 0.15) is 25.8 Å². The lowest BCUT2D eigenvalue weighted by Gasteiger charge is -2.23. The van der Waals surface area contributed by atoms with E-state index in [2.05, 4.69) is 10.3 Å². The Labute approximate surface area is 145 Å². The Bertz CT molecular complexity index is 688. The quantitative estimate of drug-likeness (QED) is 0.868. The molecule has 0 bridgehead atoms. The Morgan fingerprint density at radius 2 is 2.00 bits per heavy atom. The number of ether oxygens (including phenoxy) is 1. The van der Waals surface area contributed by atoms with Crippen LogP contribution in [0.2, 0.25) is 0 Å². The Kier molecular flexibility index (Phi) is 5.90. The lowest BCUT2D eigenvalue weighted by molar-refractivity contribution is -0.139. The third-order valence-electron chi connectivity index (χ3n) is 3.11. The average Bonchev–Trinajstić information content (AvgIpc) is 2.87. The van der Waals surface area contributed by atoms with Crippen LogP contribution in [0.5, 0.6) is 0 Å². The summed E-state index contributed by atoms with van der Waals surface area (Å²) in [6.07, 6.45) is 0. The van der Waals surface area contributed by atoms with E-state index >= 15 is 0 Å². The molecule has 1 heterocycles. The van der Waals surface area contributed by atoms with Crippen molar-refractivity contribution in [1.29, 1.82) is 0 Å². The van der Waals surface area contributed by atoms with Crippen molar-refractivity contribution < 1.29 is 14.3 Å². The minimum atomic E-state index is -0.315. The molecule has 1 aromatic carbocycles. The highest BCUT2D eigenvalue weighted by atomic mass is 32.1. The van der Waals surface area contributed by atoms with E-state index in [1.807, 2.05) is 45.0 Å². The number of likely N-dealkylation sites (N-methyl/N-ethyl adjacent to an activating group) is 1. The van der Waals surface area contributed by atoms with Gasteiger partial charge in [-0.1, -0.05) is 12.1 Å². The van der Waals surface area contributed by atoms with E-state index in [1.54, 1.807) is 18.4 Å². The second-order valence-corrected chi connectivity index (χ2v) is 7.73. The Morgan fingerprint density at radius 3 is 2.67 bits per heavy atom. The number of hydrogen-bond donors (Lipinski definition) is 1. The van der Waals surface area contributed by atoms with Gasteiger partial charge >= 0.3 is 0 Å². The average molecular weight is 349 g/mol. The molecule has 0 radical (unpaired) electrons. The minimum Gasteiger partial charge on any atom is -0.364 e. The molecule has 6 nitrogen and oxygen atoms in total. The van der Waals surface area contributed by atoms with Gasteiger partial charge in [-0.15, -0.1) is 11.3 Å². The van der Waals surface area contributed by atoms with Gasteiger partial charge in [0.15, 0.2) is 0 Å². The van der Waals surface area contributed by atoms with Crippen molar-refractivity contribution in [3.05, 3.63) is 29.3 Å². The number of fused-ring (bicyclic) bond motifs is 1. The first-order chi connectivity index (χ1) is 11.2. The molecule has 130 valence electrons. The molecule has 0 aliphatic rings. The normalized spacial score (nSPS) is 11.5. The van der Waals surface area contributed by atoms with Crippen LogP contribution in [-0.4, -0.2) is 47.4 Å². The summed E-state index contributed by atoms with van der Waals surface area (Å²) in [4.78, 5) is 29.6. The van der Waals surface area contributed by atoms with Crippen LogP contribution in [-0.2, 0) is 20.9 Å². The van der Waals surface area contributed by atoms with Gasteiger partial charge in [0, 0.05) is 12.6 Å². The van der Waals surface area contributed by atoms with Crippen LogP contribution in [0.3, 0.4) is 0 Å². The molecule has 0 spiro atoms. The third-order valence-corrected chi connectivity index (χ3v) is 4.12. The van der Waals surface area contributed by atoms with Gasteiger partial charge in [0.05, 0.1) is 23.4 Å². The van der Waals surface area contributed by atoms with Crippen LogP contribution in [0.15, 0.2) is 24.3 Å². The standard InChI is InChI=1S/C17H23N3O3S/c1-17(2,3)19-14(21)9-20(4)16(22)11-23-10-15-18-12-7-5-6-8-13(12)24-15/h5-8H,9-11H2,1-4H3,(H,19,21). The summed E-state index contributed by atoms with van der Waals surface area (Å²) >= 11 is 1.55. The molecule has 0 unspecified atom stereocenters. The third kappa shape index (κ3) is 5.58. The maximum atomic E-state index is 12.0. The summed E-state index contributed by atoms with van der Waals surface area (Å²) in [6.45, 7) is 5.92. The van der Waals surface area contributed by atoms with Crippen LogP contribution >= 0.6 is 11.3 Å². The zero-order valence-electron chi connectivity index (χ0n) is 14.5. The van der Waals surface area contributed by atoms with Gasteiger partial charge in [-0.3, -0.25) is 9.59 Å². The molecular formula is C17H23N3O3S. The van der Waals surface area contributed by atoms with Gasteiger partial charge in [-0.05, 0) is 32.9 Å². The molecular weight excluding hydrogens is 326 g/mol. The first-order valence-corrected chi connectivity index (χ1v) is 8.53. The van der Waals surface area contributed by atoms with Crippen LogP contribution < -0.4 is 5.32 Å². The highest BCUT2D eigenvalue weighted by Gasteiger charge is 2.18. The number of rotatable bonds is 6. The summed E-state index contributed by atoms with van der Waals surface area (Å²) in [7, 11) is 1.59. The lowest BCUT2D eigenvalue weighted by Crippen LogP contribution is -2.46. The predicted molar refractivity (Wildman–Crippen MR) is 94.8 cm³/mol. The fourth-order valence-corrected chi connectivity index (χ4v) is 2.98. The number of nitrogens with one attached hydrogen (secondary N) is 1. The number of amides is 2. The molecule has 24 heavy (non-hydrogen) atoms. The number of hydrogen-bond acceptors (Lipinski definition) is 5. The summed E-state index contributed by atoms with van der Waals surface area (Å²) in [5.41, 5.74) is 0.619. The van der Waals surface area contributed by atoms with Crippen LogP contribution in [0, 0.1) is 0 Å². The number of benzene rings is 1. The molecule has 0 aliphatic carbocycles. The smallest absolute Gasteiger partial charge is 0.248 e. The monoisotopic (exact) mass is 349 g/mol. The molecule has 2 amide bonds. The van der Waals surface area contributed by atoms with Gasteiger partial charge in [0.2, 0.25) is 11.8 Å². The van der Waals surface area contributed by atoms with Crippen LogP contribution in [0.25, 0.3) is 10.2 Å². The SMILES string of the molecule is CN(CC(=O)NC(C)(C)C)C(=O)COCc1nc2ccccc2s1. The van der Waals surface area contributed by atoms with E-state index in [1.165, 1.54) is 4.90 Å². The van der Waals surface area contributed by atoms with Crippen molar-refractivity contribution >= 4 is 33.4 Å². The molecule has 2 aromatic rings. The van der Waals surface area contributed by atoms with Crippen molar-refractivity contribution in [2.45, 2.75) is 32.9 Å². The van der Waals surface area contributed by atoms with Crippen molar-refractivity contribution in [3.63, 3.8) is 0 Å². The van der Waals surface area contributed by atoms with E-state index in [0.717, 1.165) is 15.2 Å². The highest BCUT2D eigenvalue weighted by molar-refractivity contribution is 7.18. The maximum Gasteiger partial charge on any atom is 0.248 e. The molecule has 2 rings (SSSR count). The van der Waals surface area contributed by atoms with Crippen molar-refractivity contribution in [2.75, 3.05) is 20.2 Å². The molecule has 0 aliphatic heterocycles. The molecule has 1 N–H and O–H groups in total.